The highest BCUT2D eigenvalue weighted by molar-refractivity contribution is 6.03. The van der Waals surface area contributed by atoms with E-state index in [9.17, 15) is 9.59 Å². The Bertz CT molecular complexity index is 851. The van der Waals surface area contributed by atoms with Gasteiger partial charge >= 0.3 is 0 Å². The molecule has 1 saturated carbocycles. The van der Waals surface area contributed by atoms with Crippen LogP contribution in [0.25, 0.3) is 11.1 Å². The van der Waals surface area contributed by atoms with E-state index in [2.05, 4.69) is 38.1 Å². The summed E-state index contributed by atoms with van der Waals surface area (Å²) in [7, 11) is 0. The molecular formula is C29H38O3. The van der Waals surface area contributed by atoms with E-state index in [4.69, 9.17) is 4.74 Å². The van der Waals surface area contributed by atoms with Gasteiger partial charge in [-0.15, -0.1) is 0 Å². The molecule has 0 aliphatic heterocycles. The molecule has 0 bridgehead atoms. The van der Waals surface area contributed by atoms with E-state index in [0.29, 0.717) is 18.8 Å². The highest BCUT2D eigenvalue weighted by atomic mass is 16.5. The predicted molar refractivity (Wildman–Crippen MR) is 131 cm³/mol. The Kier molecular flexibility index (Phi) is 9.52. The number of ketones is 2. The van der Waals surface area contributed by atoms with Crippen molar-refractivity contribution >= 4 is 11.6 Å². The number of benzene rings is 2. The second-order valence-corrected chi connectivity index (χ2v) is 9.23. The lowest BCUT2D eigenvalue weighted by Gasteiger charge is -2.26. The van der Waals surface area contributed by atoms with E-state index in [0.717, 1.165) is 61.2 Å². The third-order valence-corrected chi connectivity index (χ3v) is 6.61. The van der Waals surface area contributed by atoms with Crippen molar-refractivity contribution in [3.63, 3.8) is 0 Å². The SMILES string of the molecule is CCCCCCOc1ccc(-c2ccc(CC(=O)C3CCC(CCC)CC3=O)cc2)cc1. The van der Waals surface area contributed by atoms with Gasteiger partial charge in [0.1, 0.15) is 17.3 Å². The van der Waals surface area contributed by atoms with Gasteiger partial charge in [0.2, 0.25) is 0 Å². The van der Waals surface area contributed by atoms with Gasteiger partial charge in [0, 0.05) is 12.8 Å². The summed E-state index contributed by atoms with van der Waals surface area (Å²) in [5.74, 6) is 1.24. The van der Waals surface area contributed by atoms with Gasteiger partial charge in [-0.2, -0.15) is 0 Å². The van der Waals surface area contributed by atoms with E-state index >= 15 is 0 Å². The molecule has 3 rings (SSSR count). The number of carbonyl (C=O) groups is 2. The number of unbranched alkanes of at least 4 members (excludes halogenated alkanes) is 3. The highest BCUT2D eigenvalue weighted by Gasteiger charge is 2.32. The number of hydrogen-bond donors (Lipinski definition) is 0. The van der Waals surface area contributed by atoms with Gasteiger partial charge < -0.3 is 4.74 Å². The minimum Gasteiger partial charge on any atom is -0.494 e. The van der Waals surface area contributed by atoms with Crippen molar-refractivity contribution in [2.45, 2.75) is 78.1 Å². The van der Waals surface area contributed by atoms with Gasteiger partial charge in [-0.25, -0.2) is 0 Å². The molecule has 32 heavy (non-hydrogen) atoms. The van der Waals surface area contributed by atoms with E-state index in [1.807, 2.05) is 24.3 Å². The lowest BCUT2D eigenvalue weighted by molar-refractivity contribution is -0.135. The van der Waals surface area contributed by atoms with Crippen molar-refractivity contribution in [2.24, 2.45) is 11.8 Å². The molecule has 2 aromatic rings. The Hall–Kier alpha value is -2.42. The molecule has 0 heterocycles. The minimum absolute atomic E-state index is 0.0816. The number of rotatable bonds is 12. The summed E-state index contributed by atoms with van der Waals surface area (Å²) < 4.78 is 5.83. The molecule has 0 spiro atoms. The second kappa shape index (κ2) is 12.6. The van der Waals surface area contributed by atoms with Crippen LogP contribution in [0.15, 0.2) is 48.5 Å². The summed E-state index contributed by atoms with van der Waals surface area (Å²) in [4.78, 5) is 25.2. The number of ether oxygens (including phenoxy) is 1. The van der Waals surface area contributed by atoms with Gasteiger partial charge in [0.05, 0.1) is 12.5 Å². The van der Waals surface area contributed by atoms with Crippen LogP contribution in [-0.2, 0) is 16.0 Å². The highest BCUT2D eigenvalue weighted by Crippen LogP contribution is 2.30. The molecule has 1 aliphatic carbocycles. The summed E-state index contributed by atoms with van der Waals surface area (Å²) >= 11 is 0. The first kappa shape index (κ1) is 24.2. The average molecular weight is 435 g/mol. The molecule has 0 aromatic heterocycles. The minimum atomic E-state index is -0.391. The Morgan fingerprint density at radius 1 is 0.875 bits per heavy atom. The van der Waals surface area contributed by atoms with E-state index < -0.39 is 5.92 Å². The van der Waals surface area contributed by atoms with Gasteiger partial charge in [-0.1, -0.05) is 82.3 Å². The second-order valence-electron chi connectivity index (χ2n) is 9.23. The predicted octanol–water partition coefficient (Wildman–Crippen LogP) is 7.21. The van der Waals surface area contributed by atoms with E-state index in [1.165, 1.54) is 19.3 Å². The molecule has 1 aliphatic rings. The first-order valence-electron chi connectivity index (χ1n) is 12.5. The molecule has 0 saturated heterocycles. The first-order chi connectivity index (χ1) is 15.6. The van der Waals surface area contributed by atoms with Crippen LogP contribution < -0.4 is 4.74 Å². The van der Waals surface area contributed by atoms with Crippen molar-refractivity contribution in [3.8, 4) is 16.9 Å². The van der Waals surface area contributed by atoms with Gasteiger partial charge in [-0.3, -0.25) is 9.59 Å². The largest absolute Gasteiger partial charge is 0.494 e. The quantitative estimate of drug-likeness (QED) is 0.262. The van der Waals surface area contributed by atoms with E-state index in [-0.39, 0.29) is 11.6 Å². The zero-order valence-electron chi connectivity index (χ0n) is 19.8. The topological polar surface area (TPSA) is 43.4 Å². The number of hydrogen-bond acceptors (Lipinski definition) is 3. The third kappa shape index (κ3) is 7.05. The molecule has 0 N–H and O–H groups in total. The van der Waals surface area contributed by atoms with Crippen molar-refractivity contribution in [1.29, 1.82) is 0 Å². The van der Waals surface area contributed by atoms with Crippen molar-refractivity contribution in [2.75, 3.05) is 6.61 Å². The van der Waals surface area contributed by atoms with Crippen LogP contribution >= 0.6 is 0 Å². The fraction of sp³-hybridized carbons (Fsp3) is 0.517. The monoisotopic (exact) mass is 434 g/mol. The van der Waals surface area contributed by atoms with Gasteiger partial charge in [0.15, 0.2) is 0 Å². The van der Waals surface area contributed by atoms with Crippen LogP contribution in [0.1, 0.15) is 77.2 Å². The molecule has 3 nitrogen and oxygen atoms in total. The van der Waals surface area contributed by atoms with Crippen molar-refractivity contribution in [1.82, 2.24) is 0 Å². The number of Topliss-reactive ketones (excluding diaryl/α,β-unsaturated/α-hetero) is 2. The molecule has 2 atom stereocenters. The van der Waals surface area contributed by atoms with Crippen LogP contribution in [0.2, 0.25) is 0 Å². The summed E-state index contributed by atoms with van der Waals surface area (Å²) in [5, 5.41) is 0. The van der Waals surface area contributed by atoms with Crippen molar-refractivity contribution < 1.29 is 14.3 Å². The number of carbonyl (C=O) groups excluding carboxylic acids is 2. The van der Waals surface area contributed by atoms with E-state index in [1.54, 1.807) is 0 Å². The Morgan fingerprint density at radius 2 is 1.56 bits per heavy atom. The molecule has 0 radical (unpaired) electrons. The van der Waals surface area contributed by atoms with Gasteiger partial charge in [0.25, 0.3) is 0 Å². The summed E-state index contributed by atoms with van der Waals surface area (Å²) in [6.45, 7) is 5.14. The normalized spacial score (nSPS) is 18.5. The molecule has 3 heteroatoms. The van der Waals surface area contributed by atoms with Crippen LogP contribution in [-0.4, -0.2) is 18.2 Å². The third-order valence-electron chi connectivity index (χ3n) is 6.61. The fourth-order valence-electron chi connectivity index (χ4n) is 4.69. The maximum atomic E-state index is 12.7. The van der Waals surface area contributed by atoms with Crippen LogP contribution in [0.3, 0.4) is 0 Å². The van der Waals surface area contributed by atoms with Crippen LogP contribution in [0.5, 0.6) is 5.75 Å². The zero-order valence-corrected chi connectivity index (χ0v) is 19.8. The molecular weight excluding hydrogens is 396 g/mol. The smallest absolute Gasteiger partial charge is 0.147 e. The Morgan fingerprint density at radius 3 is 2.19 bits per heavy atom. The van der Waals surface area contributed by atoms with Crippen molar-refractivity contribution in [3.05, 3.63) is 54.1 Å². The Labute approximate surface area is 193 Å². The maximum absolute atomic E-state index is 12.7. The summed E-state index contributed by atoms with van der Waals surface area (Å²) in [6.07, 6.45) is 9.69. The maximum Gasteiger partial charge on any atom is 0.147 e. The lowest BCUT2D eigenvalue weighted by atomic mass is 9.76. The molecule has 1 fully saturated rings. The molecule has 2 unspecified atom stereocenters. The molecule has 0 amide bonds. The lowest BCUT2D eigenvalue weighted by Crippen LogP contribution is -2.31. The van der Waals surface area contributed by atoms with Crippen LogP contribution in [0.4, 0.5) is 0 Å². The fourth-order valence-corrected chi connectivity index (χ4v) is 4.69. The first-order valence-corrected chi connectivity index (χ1v) is 12.5. The van der Waals surface area contributed by atoms with Crippen LogP contribution in [0, 0.1) is 11.8 Å². The average Bonchev–Trinajstić information content (AvgIpc) is 2.80. The molecule has 172 valence electrons. The van der Waals surface area contributed by atoms with Gasteiger partial charge in [-0.05, 0) is 54.0 Å². The zero-order chi connectivity index (χ0) is 22.8. The molecule has 2 aromatic carbocycles. The summed E-state index contributed by atoms with van der Waals surface area (Å²) in [5.41, 5.74) is 3.23. The Balaban J connectivity index is 1.50. The standard InChI is InChI=1S/C29H38O3/c1-3-5-6-7-19-32-26-16-14-25(15-17-26)24-12-9-23(10-13-24)21-29(31)27-18-11-22(8-4-2)20-28(27)30/h9-10,12-17,22,27H,3-8,11,18-21H2,1-2H3. The summed E-state index contributed by atoms with van der Waals surface area (Å²) in [6, 6.07) is 16.3.